The molecule has 1 aliphatic heterocycles. The number of benzene rings is 2. The van der Waals surface area contributed by atoms with Crippen LogP contribution in [0.15, 0.2) is 71.5 Å². The summed E-state index contributed by atoms with van der Waals surface area (Å²) in [6.45, 7) is 0.748. The average molecular weight is 520 g/mol. The summed E-state index contributed by atoms with van der Waals surface area (Å²) in [5.74, 6) is -1.00. The molecule has 38 heavy (non-hydrogen) atoms. The lowest BCUT2D eigenvalue weighted by molar-refractivity contribution is -0.274. The maximum atomic E-state index is 13.0. The second-order valence-corrected chi connectivity index (χ2v) is 9.04. The number of aromatic nitrogens is 4. The van der Waals surface area contributed by atoms with E-state index in [0.29, 0.717) is 16.7 Å². The number of aliphatic carboxylic acids is 1. The van der Waals surface area contributed by atoms with Crippen LogP contribution in [0.4, 0.5) is 13.2 Å². The highest BCUT2D eigenvalue weighted by molar-refractivity contribution is 5.86. The van der Waals surface area contributed by atoms with E-state index >= 15 is 0 Å². The fourth-order valence-electron chi connectivity index (χ4n) is 4.94. The normalized spacial score (nSPS) is 15.1. The van der Waals surface area contributed by atoms with Crippen molar-refractivity contribution < 1.29 is 32.3 Å². The summed E-state index contributed by atoms with van der Waals surface area (Å²) in [5, 5.41) is 14.2. The van der Waals surface area contributed by atoms with Crippen molar-refractivity contribution in [3.8, 4) is 39.7 Å². The molecular formula is C27H19F3N4O4. The number of hydrogen-bond acceptors (Lipinski definition) is 6. The summed E-state index contributed by atoms with van der Waals surface area (Å²) < 4.78 is 50.7. The Morgan fingerprint density at radius 1 is 1.08 bits per heavy atom. The van der Waals surface area contributed by atoms with Gasteiger partial charge in [-0.25, -0.2) is 0 Å². The van der Waals surface area contributed by atoms with E-state index in [1.165, 1.54) is 18.3 Å². The number of aryl methyl sites for hydroxylation is 1. The van der Waals surface area contributed by atoms with Crippen LogP contribution in [0.25, 0.3) is 44.9 Å². The summed E-state index contributed by atoms with van der Waals surface area (Å²) in [5.41, 5.74) is 3.91. The van der Waals surface area contributed by atoms with Crippen LogP contribution in [0.1, 0.15) is 24.5 Å². The Hall–Kier alpha value is -4.67. The predicted molar refractivity (Wildman–Crippen MR) is 130 cm³/mol. The number of ether oxygens (including phenoxy) is 1. The summed E-state index contributed by atoms with van der Waals surface area (Å²) in [6.07, 6.45) is -0.919. The first kappa shape index (κ1) is 23.7. The highest BCUT2D eigenvalue weighted by Crippen LogP contribution is 2.38. The lowest BCUT2D eigenvalue weighted by Gasteiger charge is -2.11. The van der Waals surface area contributed by atoms with Crippen LogP contribution in [0.3, 0.4) is 0 Å². The van der Waals surface area contributed by atoms with Gasteiger partial charge in [0.1, 0.15) is 5.75 Å². The van der Waals surface area contributed by atoms with E-state index in [1.807, 2.05) is 24.3 Å². The monoisotopic (exact) mass is 520 g/mol. The Balaban J connectivity index is 1.35. The number of alkyl halides is 3. The highest BCUT2D eigenvalue weighted by atomic mass is 19.4. The maximum absolute atomic E-state index is 13.0. The largest absolute Gasteiger partial charge is 0.573 e. The Morgan fingerprint density at radius 3 is 2.68 bits per heavy atom. The number of pyridine rings is 1. The van der Waals surface area contributed by atoms with Gasteiger partial charge in [-0.2, -0.15) is 4.98 Å². The smallest absolute Gasteiger partial charge is 0.481 e. The van der Waals surface area contributed by atoms with Crippen LogP contribution in [-0.4, -0.2) is 37.1 Å². The SMILES string of the molecule is O=C(O)CC1CCn2c1cc1cc(-c3noc(-c4cc(OC(F)(F)F)cc(-c5cccnc5)c4)n3)ccc12. The molecule has 0 saturated heterocycles. The van der Waals surface area contributed by atoms with E-state index in [2.05, 4.69) is 24.4 Å². The van der Waals surface area contributed by atoms with Crippen molar-refractivity contribution >= 4 is 16.9 Å². The van der Waals surface area contributed by atoms with Gasteiger partial charge in [-0.05, 0) is 60.5 Å². The zero-order chi connectivity index (χ0) is 26.4. The zero-order valence-corrected chi connectivity index (χ0v) is 19.6. The molecule has 4 heterocycles. The molecule has 3 aromatic heterocycles. The Labute approximate surface area is 213 Å². The third-order valence-corrected chi connectivity index (χ3v) is 6.54. The molecule has 8 nitrogen and oxygen atoms in total. The Bertz CT molecular complexity index is 1660. The van der Waals surface area contributed by atoms with Crippen molar-refractivity contribution in [2.75, 3.05) is 0 Å². The quantitative estimate of drug-likeness (QED) is 0.281. The number of rotatable bonds is 6. The third-order valence-electron chi connectivity index (χ3n) is 6.54. The summed E-state index contributed by atoms with van der Waals surface area (Å²) >= 11 is 0. The molecule has 0 amide bonds. The fraction of sp³-hybridized carbons (Fsp3) is 0.185. The van der Waals surface area contributed by atoms with E-state index in [-0.39, 0.29) is 29.6 Å². The number of carbonyl (C=O) groups is 1. The molecule has 0 aliphatic carbocycles. The summed E-state index contributed by atoms with van der Waals surface area (Å²) in [6, 6.07) is 15.1. The second-order valence-electron chi connectivity index (χ2n) is 9.04. The van der Waals surface area contributed by atoms with Crippen molar-refractivity contribution in [2.45, 2.75) is 31.7 Å². The summed E-state index contributed by atoms with van der Waals surface area (Å²) in [7, 11) is 0. The average Bonchev–Trinajstić information content (AvgIpc) is 3.59. The predicted octanol–water partition coefficient (Wildman–Crippen LogP) is 6.28. The van der Waals surface area contributed by atoms with Gasteiger partial charge in [-0.15, -0.1) is 13.2 Å². The van der Waals surface area contributed by atoms with Crippen molar-refractivity contribution in [1.82, 2.24) is 19.7 Å². The van der Waals surface area contributed by atoms with Crippen LogP contribution < -0.4 is 4.74 Å². The molecule has 0 fully saturated rings. The van der Waals surface area contributed by atoms with Gasteiger partial charge in [-0.3, -0.25) is 9.78 Å². The molecule has 0 bridgehead atoms. The number of carboxylic acid groups (broad SMARTS) is 1. The van der Waals surface area contributed by atoms with E-state index in [0.717, 1.165) is 29.6 Å². The van der Waals surface area contributed by atoms with Crippen LogP contribution in [0.5, 0.6) is 5.75 Å². The van der Waals surface area contributed by atoms with Crippen molar-refractivity contribution in [3.63, 3.8) is 0 Å². The fourth-order valence-corrected chi connectivity index (χ4v) is 4.94. The van der Waals surface area contributed by atoms with Gasteiger partial charge in [0, 0.05) is 58.1 Å². The second kappa shape index (κ2) is 9.02. The lowest BCUT2D eigenvalue weighted by atomic mass is 10.00. The van der Waals surface area contributed by atoms with Crippen molar-refractivity contribution in [1.29, 1.82) is 0 Å². The zero-order valence-electron chi connectivity index (χ0n) is 19.6. The number of nitrogens with zero attached hydrogens (tertiary/aromatic N) is 4. The number of fused-ring (bicyclic) bond motifs is 3. The molecule has 6 rings (SSSR count). The molecule has 1 N–H and O–H groups in total. The molecule has 1 atom stereocenters. The molecule has 0 saturated carbocycles. The van der Waals surface area contributed by atoms with Crippen LogP contribution in [0, 0.1) is 0 Å². The molecule has 1 unspecified atom stereocenters. The minimum Gasteiger partial charge on any atom is -0.481 e. The number of halogens is 3. The van der Waals surface area contributed by atoms with Gasteiger partial charge in [0.05, 0.1) is 6.42 Å². The van der Waals surface area contributed by atoms with Crippen LogP contribution in [0.2, 0.25) is 0 Å². The van der Waals surface area contributed by atoms with E-state index in [9.17, 15) is 23.1 Å². The highest BCUT2D eigenvalue weighted by Gasteiger charge is 2.32. The maximum Gasteiger partial charge on any atom is 0.573 e. The molecule has 1 aliphatic rings. The van der Waals surface area contributed by atoms with E-state index in [1.54, 1.807) is 24.4 Å². The van der Waals surface area contributed by atoms with Crippen LogP contribution >= 0.6 is 0 Å². The minimum atomic E-state index is -4.87. The van der Waals surface area contributed by atoms with Gasteiger partial charge in [0.15, 0.2) is 0 Å². The Morgan fingerprint density at radius 2 is 1.92 bits per heavy atom. The van der Waals surface area contributed by atoms with Crippen molar-refractivity contribution in [2.24, 2.45) is 0 Å². The van der Waals surface area contributed by atoms with Gasteiger partial charge in [0.25, 0.3) is 5.89 Å². The first-order valence-corrected chi connectivity index (χ1v) is 11.7. The molecule has 192 valence electrons. The van der Waals surface area contributed by atoms with Crippen LogP contribution in [-0.2, 0) is 11.3 Å². The van der Waals surface area contributed by atoms with Gasteiger partial charge in [0.2, 0.25) is 5.82 Å². The third kappa shape index (κ3) is 4.58. The van der Waals surface area contributed by atoms with E-state index in [4.69, 9.17) is 4.52 Å². The standard InChI is InChI=1S/C27H19F3N4O4/c28-27(29,30)37-21-10-18(17-2-1-6-31-14-17)9-20(11-21)26-32-25(33-38-26)16-3-4-22-19(8-16)12-23-15(13-24(35)36)5-7-34(22)23/h1-4,6,8-12,14-15H,5,7,13H2,(H,35,36). The number of hydrogen-bond donors (Lipinski definition) is 1. The van der Waals surface area contributed by atoms with Gasteiger partial charge >= 0.3 is 12.3 Å². The molecule has 5 aromatic rings. The first-order chi connectivity index (χ1) is 18.2. The molecule has 2 aromatic carbocycles. The summed E-state index contributed by atoms with van der Waals surface area (Å²) in [4.78, 5) is 19.7. The lowest BCUT2D eigenvalue weighted by Crippen LogP contribution is -2.17. The van der Waals surface area contributed by atoms with E-state index < -0.39 is 18.1 Å². The number of carboxylic acids is 1. The van der Waals surface area contributed by atoms with Gasteiger partial charge < -0.3 is 18.9 Å². The molecule has 11 heteroatoms. The topological polar surface area (TPSA) is 103 Å². The minimum absolute atomic E-state index is 0.0266. The molecular weight excluding hydrogens is 501 g/mol. The molecule has 0 radical (unpaired) electrons. The first-order valence-electron chi connectivity index (χ1n) is 11.7. The van der Waals surface area contributed by atoms with Crippen molar-refractivity contribution in [3.05, 3.63) is 72.7 Å². The molecule has 0 spiro atoms. The van der Waals surface area contributed by atoms with Gasteiger partial charge in [-0.1, -0.05) is 11.2 Å². The Kier molecular flexibility index (Phi) is 5.63.